The minimum atomic E-state index is -0.265. The molecule has 0 spiro atoms. The van der Waals surface area contributed by atoms with Gasteiger partial charge in [-0.2, -0.15) is 5.26 Å². The minimum Gasteiger partial charge on any atom is -0.489 e. The van der Waals surface area contributed by atoms with Crippen LogP contribution in [0.25, 0.3) is 0 Å². The van der Waals surface area contributed by atoms with Gasteiger partial charge >= 0.3 is 0 Å². The number of ether oxygens (including phenoxy) is 1. The maximum absolute atomic E-state index is 13.1. The first-order valence-electron chi connectivity index (χ1n) is 5.57. The third kappa shape index (κ3) is 2.86. The molecule has 0 fully saturated rings. The number of nitrogens with zero attached hydrogens (tertiary/aromatic N) is 1. The molecule has 0 heterocycles. The van der Waals surface area contributed by atoms with Crippen molar-refractivity contribution in [2.75, 3.05) is 0 Å². The molecule has 2 aromatic rings. The van der Waals surface area contributed by atoms with Crippen LogP contribution in [0.4, 0.5) is 4.39 Å². The van der Waals surface area contributed by atoms with Crippen molar-refractivity contribution in [3.8, 4) is 11.8 Å². The molecule has 0 atom stereocenters. The summed E-state index contributed by atoms with van der Waals surface area (Å²) >= 11 is 0. The fraction of sp³-hybridized carbons (Fsp3) is 0.133. The van der Waals surface area contributed by atoms with Crippen molar-refractivity contribution in [1.29, 1.82) is 5.26 Å². The normalized spacial score (nSPS) is 9.83. The molecule has 2 rings (SSSR count). The highest BCUT2D eigenvalue weighted by Gasteiger charge is 2.02. The number of halogens is 1. The van der Waals surface area contributed by atoms with E-state index >= 15 is 0 Å². The minimum absolute atomic E-state index is 0.265. The Labute approximate surface area is 105 Å². The Bertz CT molecular complexity index is 584. The van der Waals surface area contributed by atoms with Crippen molar-refractivity contribution in [3.05, 3.63) is 65.0 Å². The van der Waals surface area contributed by atoms with Gasteiger partial charge < -0.3 is 4.74 Å². The van der Waals surface area contributed by atoms with Gasteiger partial charge in [0.2, 0.25) is 0 Å². The quantitative estimate of drug-likeness (QED) is 0.822. The Morgan fingerprint density at radius 2 is 1.89 bits per heavy atom. The van der Waals surface area contributed by atoms with Crippen molar-refractivity contribution in [2.24, 2.45) is 0 Å². The fourth-order valence-electron chi connectivity index (χ4n) is 1.58. The summed E-state index contributed by atoms with van der Waals surface area (Å²) in [6, 6.07) is 13.5. The Hall–Kier alpha value is -2.34. The molecule has 90 valence electrons. The van der Waals surface area contributed by atoms with Gasteiger partial charge in [0.1, 0.15) is 18.2 Å². The maximum atomic E-state index is 13.1. The van der Waals surface area contributed by atoms with Crippen LogP contribution in [-0.4, -0.2) is 0 Å². The molecule has 0 aliphatic carbocycles. The lowest BCUT2D eigenvalue weighted by Gasteiger charge is -2.08. The molecular formula is C15H12FNO. The van der Waals surface area contributed by atoms with E-state index in [9.17, 15) is 4.39 Å². The second kappa shape index (κ2) is 5.33. The van der Waals surface area contributed by atoms with Crippen molar-refractivity contribution < 1.29 is 9.13 Å². The SMILES string of the molecule is Cc1ccc(F)cc1COc1ccc(C#N)cc1. The predicted octanol–water partition coefficient (Wildman–Crippen LogP) is 3.58. The molecule has 18 heavy (non-hydrogen) atoms. The first-order chi connectivity index (χ1) is 8.69. The Kier molecular flexibility index (Phi) is 3.59. The van der Waals surface area contributed by atoms with E-state index in [2.05, 4.69) is 0 Å². The summed E-state index contributed by atoms with van der Waals surface area (Å²) in [5.74, 6) is 0.400. The molecule has 0 N–H and O–H groups in total. The van der Waals surface area contributed by atoms with E-state index in [1.165, 1.54) is 12.1 Å². The van der Waals surface area contributed by atoms with Crippen LogP contribution in [0.2, 0.25) is 0 Å². The van der Waals surface area contributed by atoms with Crippen LogP contribution in [-0.2, 0) is 6.61 Å². The zero-order valence-corrected chi connectivity index (χ0v) is 9.98. The Morgan fingerprint density at radius 3 is 2.56 bits per heavy atom. The lowest BCUT2D eigenvalue weighted by Crippen LogP contribution is -1.98. The zero-order chi connectivity index (χ0) is 13.0. The topological polar surface area (TPSA) is 33.0 Å². The van der Waals surface area contributed by atoms with Crippen LogP contribution in [0, 0.1) is 24.1 Å². The molecule has 0 bridgehead atoms. The summed E-state index contributed by atoms with van der Waals surface area (Å²) in [7, 11) is 0. The van der Waals surface area contributed by atoms with E-state index in [-0.39, 0.29) is 5.82 Å². The van der Waals surface area contributed by atoms with Crippen LogP contribution >= 0.6 is 0 Å². The van der Waals surface area contributed by atoms with Crippen molar-refractivity contribution in [2.45, 2.75) is 13.5 Å². The molecule has 0 saturated heterocycles. The molecule has 2 aromatic carbocycles. The molecule has 0 aromatic heterocycles. The second-order valence-corrected chi connectivity index (χ2v) is 4.00. The Morgan fingerprint density at radius 1 is 1.17 bits per heavy atom. The van der Waals surface area contributed by atoms with Gasteiger partial charge in [0.05, 0.1) is 11.6 Å². The van der Waals surface area contributed by atoms with Crippen LogP contribution in [0.15, 0.2) is 42.5 Å². The van der Waals surface area contributed by atoms with Crippen LogP contribution in [0.5, 0.6) is 5.75 Å². The highest BCUT2D eigenvalue weighted by Crippen LogP contribution is 2.16. The van der Waals surface area contributed by atoms with Crippen LogP contribution in [0.3, 0.4) is 0 Å². The zero-order valence-electron chi connectivity index (χ0n) is 9.98. The third-order valence-electron chi connectivity index (χ3n) is 2.69. The molecule has 0 unspecified atom stereocenters. The average Bonchev–Trinajstić information content (AvgIpc) is 2.40. The molecule has 0 aliphatic heterocycles. The first-order valence-corrected chi connectivity index (χ1v) is 5.57. The van der Waals surface area contributed by atoms with Crippen molar-refractivity contribution >= 4 is 0 Å². The number of hydrogen-bond donors (Lipinski definition) is 0. The van der Waals surface area contributed by atoms with Gasteiger partial charge in [0.25, 0.3) is 0 Å². The predicted molar refractivity (Wildman–Crippen MR) is 66.6 cm³/mol. The van der Waals surface area contributed by atoms with E-state index < -0.39 is 0 Å². The molecule has 0 saturated carbocycles. The van der Waals surface area contributed by atoms with Gasteiger partial charge in [-0.1, -0.05) is 6.07 Å². The molecular weight excluding hydrogens is 229 g/mol. The average molecular weight is 241 g/mol. The standard InChI is InChI=1S/C15H12FNO/c1-11-2-5-14(16)8-13(11)10-18-15-6-3-12(9-17)4-7-15/h2-8H,10H2,1H3. The summed E-state index contributed by atoms with van der Waals surface area (Å²) in [6.45, 7) is 2.23. The van der Waals surface area contributed by atoms with E-state index in [1.807, 2.05) is 13.0 Å². The van der Waals surface area contributed by atoms with Gasteiger partial charge in [0.15, 0.2) is 0 Å². The highest BCUT2D eigenvalue weighted by atomic mass is 19.1. The lowest BCUT2D eigenvalue weighted by atomic mass is 10.1. The van der Waals surface area contributed by atoms with Gasteiger partial charge in [-0.3, -0.25) is 0 Å². The smallest absolute Gasteiger partial charge is 0.123 e. The van der Waals surface area contributed by atoms with E-state index in [1.54, 1.807) is 30.3 Å². The molecule has 0 radical (unpaired) electrons. The van der Waals surface area contributed by atoms with Crippen LogP contribution in [0.1, 0.15) is 16.7 Å². The summed E-state index contributed by atoms with van der Waals surface area (Å²) in [5, 5.41) is 8.67. The van der Waals surface area contributed by atoms with Crippen molar-refractivity contribution in [1.82, 2.24) is 0 Å². The highest BCUT2D eigenvalue weighted by molar-refractivity contribution is 5.35. The number of nitriles is 1. The molecule has 2 nitrogen and oxygen atoms in total. The third-order valence-corrected chi connectivity index (χ3v) is 2.69. The van der Waals surface area contributed by atoms with Gasteiger partial charge in [0, 0.05) is 0 Å². The number of benzene rings is 2. The van der Waals surface area contributed by atoms with Crippen LogP contribution < -0.4 is 4.74 Å². The monoisotopic (exact) mass is 241 g/mol. The fourth-order valence-corrected chi connectivity index (χ4v) is 1.58. The Balaban J connectivity index is 2.07. The largest absolute Gasteiger partial charge is 0.489 e. The summed E-state index contributed by atoms with van der Waals surface area (Å²) in [6.07, 6.45) is 0. The lowest BCUT2D eigenvalue weighted by molar-refractivity contribution is 0.304. The summed E-state index contributed by atoms with van der Waals surface area (Å²) in [4.78, 5) is 0. The summed E-state index contributed by atoms with van der Waals surface area (Å²) < 4.78 is 18.6. The van der Waals surface area contributed by atoms with Crippen molar-refractivity contribution in [3.63, 3.8) is 0 Å². The maximum Gasteiger partial charge on any atom is 0.123 e. The number of aryl methyl sites for hydroxylation is 1. The molecule has 0 amide bonds. The van der Waals surface area contributed by atoms with E-state index in [0.717, 1.165) is 11.1 Å². The van der Waals surface area contributed by atoms with E-state index in [0.29, 0.717) is 17.9 Å². The number of rotatable bonds is 3. The summed E-state index contributed by atoms with van der Waals surface area (Å²) in [5.41, 5.74) is 2.40. The van der Waals surface area contributed by atoms with Gasteiger partial charge in [-0.05, 0) is 54.4 Å². The van der Waals surface area contributed by atoms with Gasteiger partial charge in [-0.15, -0.1) is 0 Å². The number of hydrogen-bond acceptors (Lipinski definition) is 2. The first kappa shape index (κ1) is 12.1. The van der Waals surface area contributed by atoms with Gasteiger partial charge in [-0.25, -0.2) is 4.39 Å². The van der Waals surface area contributed by atoms with E-state index in [4.69, 9.17) is 10.00 Å². The second-order valence-electron chi connectivity index (χ2n) is 4.00. The molecule has 3 heteroatoms. The molecule has 0 aliphatic rings.